The maximum Gasteiger partial charge on any atom is 0.00949 e. The van der Waals surface area contributed by atoms with E-state index < -0.39 is 0 Å². The molecule has 1 nitrogen and oxygen atoms in total. The fraction of sp³-hybridized carbons (Fsp3) is 1.00. The second-order valence-electron chi connectivity index (χ2n) is 4.20. The summed E-state index contributed by atoms with van der Waals surface area (Å²) in [6, 6.07) is 1.33. The molecule has 0 radical (unpaired) electrons. The van der Waals surface area contributed by atoms with Gasteiger partial charge in [0.15, 0.2) is 0 Å². The van der Waals surface area contributed by atoms with Crippen molar-refractivity contribution < 1.29 is 0 Å². The lowest BCUT2D eigenvalue weighted by Gasteiger charge is -2.22. The van der Waals surface area contributed by atoms with Crippen LogP contribution in [-0.2, 0) is 0 Å². The van der Waals surface area contributed by atoms with Crippen molar-refractivity contribution in [3.63, 3.8) is 0 Å². The van der Waals surface area contributed by atoms with Crippen LogP contribution >= 0.6 is 0 Å². The van der Waals surface area contributed by atoms with Crippen LogP contribution in [0.15, 0.2) is 0 Å². The van der Waals surface area contributed by atoms with E-state index in [1.54, 1.807) is 0 Å². The van der Waals surface area contributed by atoms with E-state index in [-0.39, 0.29) is 0 Å². The molecular formula is C9H19N. The summed E-state index contributed by atoms with van der Waals surface area (Å²) >= 11 is 0. The molecule has 10 heavy (non-hydrogen) atoms. The van der Waals surface area contributed by atoms with E-state index >= 15 is 0 Å². The highest BCUT2D eigenvalue weighted by Gasteiger charge is 2.42. The van der Waals surface area contributed by atoms with Gasteiger partial charge in [-0.3, -0.25) is 0 Å². The lowest BCUT2D eigenvalue weighted by Crippen LogP contribution is -2.37. The molecule has 0 aliphatic heterocycles. The Labute approximate surface area is 64.2 Å². The Morgan fingerprint density at radius 2 is 1.70 bits per heavy atom. The predicted molar refractivity (Wildman–Crippen MR) is 45.1 cm³/mol. The first-order chi connectivity index (χ1) is 4.54. The zero-order valence-electron chi connectivity index (χ0n) is 7.57. The van der Waals surface area contributed by atoms with E-state index in [1.807, 2.05) is 0 Å². The van der Waals surface area contributed by atoms with E-state index in [0.717, 1.165) is 0 Å². The molecule has 0 heterocycles. The molecule has 1 unspecified atom stereocenters. The van der Waals surface area contributed by atoms with Crippen molar-refractivity contribution in [3.05, 3.63) is 0 Å². The van der Waals surface area contributed by atoms with Crippen molar-refractivity contribution in [2.24, 2.45) is 5.41 Å². The van der Waals surface area contributed by atoms with E-state index in [1.165, 1.54) is 12.8 Å². The molecule has 60 valence electrons. The summed E-state index contributed by atoms with van der Waals surface area (Å²) < 4.78 is 0. The largest absolute Gasteiger partial charge is 0.312 e. The van der Waals surface area contributed by atoms with E-state index in [9.17, 15) is 0 Å². The van der Waals surface area contributed by atoms with Gasteiger partial charge in [-0.05, 0) is 25.2 Å². The van der Waals surface area contributed by atoms with Gasteiger partial charge in [0.05, 0.1) is 0 Å². The molecule has 0 spiro atoms. The van der Waals surface area contributed by atoms with Crippen LogP contribution in [0.25, 0.3) is 0 Å². The Morgan fingerprint density at radius 1 is 1.20 bits per heavy atom. The van der Waals surface area contributed by atoms with Gasteiger partial charge >= 0.3 is 0 Å². The van der Waals surface area contributed by atoms with Crippen LogP contribution in [0.2, 0.25) is 0 Å². The fourth-order valence-electron chi connectivity index (χ4n) is 1.33. The lowest BCUT2D eigenvalue weighted by atomic mass is 10.0. The maximum atomic E-state index is 3.55. The first-order valence-electron chi connectivity index (χ1n) is 4.31. The molecule has 1 fully saturated rings. The third kappa shape index (κ3) is 1.72. The molecule has 0 aromatic carbocycles. The van der Waals surface area contributed by atoms with Crippen LogP contribution in [0, 0.1) is 5.41 Å². The summed E-state index contributed by atoms with van der Waals surface area (Å²) in [5.74, 6) is 0. The third-order valence-electron chi connectivity index (χ3n) is 2.67. The molecule has 1 heteroatoms. The van der Waals surface area contributed by atoms with Crippen molar-refractivity contribution in [1.29, 1.82) is 0 Å². The van der Waals surface area contributed by atoms with Crippen molar-refractivity contribution in [3.8, 4) is 0 Å². The molecular weight excluding hydrogens is 122 g/mol. The van der Waals surface area contributed by atoms with Crippen LogP contribution in [0.3, 0.4) is 0 Å². The summed E-state index contributed by atoms with van der Waals surface area (Å²) in [6.45, 7) is 9.09. The quantitative estimate of drug-likeness (QED) is 0.635. The molecule has 1 N–H and O–H groups in total. The van der Waals surface area contributed by atoms with Crippen LogP contribution in [0.1, 0.15) is 40.5 Å². The van der Waals surface area contributed by atoms with Crippen molar-refractivity contribution in [2.45, 2.75) is 52.6 Å². The maximum absolute atomic E-state index is 3.55. The average Bonchev–Trinajstić information content (AvgIpc) is 2.47. The summed E-state index contributed by atoms with van der Waals surface area (Å²) in [4.78, 5) is 0. The van der Waals surface area contributed by atoms with Gasteiger partial charge in [0, 0.05) is 12.1 Å². The van der Waals surface area contributed by atoms with Gasteiger partial charge in [0.25, 0.3) is 0 Å². The molecule has 0 saturated heterocycles. The number of hydrogen-bond donors (Lipinski definition) is 1. The van der Waals surface area contributed by atoms with Crippen LogP contribution < -0.4 is 5.32 Å². The lowest BCUT2D eigenvalue weighted by molar-refractivity contribution is 0.356. The molecule has 0 aromatic rings. The first kappa shape index (κ1) is 8.06. The topological polar surface area (TPSA) is 12.0 Å². The Hall–Kier alpha value is -0.0400. The van der Waals surface area contributed by atoms with Gasteiger partial charge in [-0.2, -0.15) is 0 Å². The molecule has 1 saturated carbocycles. The van der Waals surface area contributed by atoms with Crippen LogP contribution in [-0.4, -0.2) is 12.1 Å². The molecule has 0 aromatic heterocycles. The first-order valence-corrected chi connectivity index (χ1v) is 4.31. The molecule has 0 amide bonds. The van der Waals surface area contributed by atoms with Gasteiger partial charge in [0.2, 0.25) is 0 Å². The highest BCUT2D eigenvalue weighted by molar-refractivity contribution is 4.96. The second kappa shape index (κ2) is 2.54. The molecule has 1 aliphatic carbocycles. The van der Waals surface area contributed by atoms with Crippen LogP contribution in [0.5, 0.6) is 0 Å². The minimum Gasteiger partial charge on any atom is -0.312 e. The number of hydrogen-bond acceptors (Lipinski definition) is 1. The smallest absolute Gasteiger partial charge is 0.00949 e. The molecule has 1 aliphatic rings. The average molecular weight is 141 g/mol. The summed E-state index contributed by atoms with van der Waals surface area (Å²) in [7, 11) is 0. The monoisotopic (exact) mass is 141 g/mol. The second-order valence-corrected chi connectivity index (χ2v) is 4.20. The minimum absolute atomic E-state index is 0.629. The van der Waals surface area contributed by atoms with Crippen LogP contribution in [0.4, 0.5) is 0 Å². The minimum atomic E-state index is 0.629. The predicted octanol–water partition coefficient (Wildman–Crippen LogP) is 2.17. The van der Waals surface area contributed by atoms with E-state index in [2.05, 4.69) is 33.0 Å². The summed E-state index contributed by atoms with van der Waals surface area (Å²) in [5.41, 5.74) is 0.629. The standard InChI is InChI=1S/C9H19N/c1-7(2)10-8(3)9(4)5-6-9/h7-8,10H,5-6H2,1-4H3. The van der Waals surface area contributed by atoms with Gasteiger partial charge < -0.3 is 5.32 Å². The van der Waals surface area contributed by atoms with Crippen molar-refractivity contribution >= 4 is 0 Å². The Morgan fingerprint density at radius 3 is 2.00 bits per heavy atom. The fourth-order valence-corrected chi connectivity index (χ4v) is 1.33. The van der Waals surface area contributed by atoms with Gasteiger partial charge in [0.1, 0.15) is 0 Å². The molecule has 1 atom stereocenters. The van der Waals surface area contributed by atoms with Gasteiger partial charge in [-0.25, -0.2) is 0 Å². The Balaban J connectivity index is 2.28. The summed E-state index contributed by atoms with van der Waals surface area (Å²) in [5, 5.41) is 3.55. The normalized spacial score (nSPS) is 24.9. The molecule has 0 bridgehead atoms. The van der Waals surface area contributed by atoms with Gasteiger partial charge in [-0.15, -0.1) is 0 Å². The SMILES string of the molecule is CC(C)NC(C)C1(C)CC1. The van der Waals surface area contributed by atoms with E-state index in [0.29, 0.717) is 17.5 Å². The van der Waals surface area contributed by atoms with Crippen molar-refractivity contribution in [1.82, 2.24) is 5.32 Å². The van der Waals surface area contributed by atoms with E-state index in [4.69, 9.17) is 0 Å². The number of nitrogens with one attached hydrogen (secondary N) is 1. The highest BCUT2D eigenvalue weighted by atomic mass is 15.0. The molecule has 1 rings (SSSR count). The number of rotatable bonds is 3. The zero-order chi connectivity index (χ0) is 7.78. The Kier molecular flexibility index (Phi) is 2.04. The summed E-state index contributed by atoms with van der Waals surface area (Å²) in [6.07, 6.45) is 2.82. The third-order valence-corrected chi connectivity index (χ3v) is 2.67. The Bertz CT molecular complexity index is 114. The highest BCUT2D eigenvalue weighted by Crippen LogP contribution is 2.47. The van der Waals surface area contributed by atoms with Gasteiger partial charge in [-0.1, -0.05) is 20.8 Å². The van der Waals surface area contributed by atoms with Crippen molar-refractivity contribution in [2.75, 3.05) is 0 Å². The zero-order valence-corrected chi connectivity index (χ0v) is 7.57.